The van der Waals surface area contributed by atoms with Gasteiger partial charge in [-0.25, -0.2) is 13.8 Å². The number of amides is 2. The SMILES string of the molecule is CC(=O)Nc1ccc(Nc2ccc(C(=O)Nc3c(F)cccc3F)cn2)cc1. The molecule has 0 bridgehead atoms. The summed E-state index contributed by atoms with van der Waals surface area (Å²) in [5.41, 5.74) is 1.04. The zero-order chi connectivity index (χ0) is 20.1. The maximum absolute atomic E-state index is 13.6. The molecule has 0 radical (unpaired) electrons. The molecule has 0 aliphatic heterocycles. The summed E-state index contributed by atoms with van der Waals surface area (Å²) in [4.78, 5) is 27.3. The van der Waals surface area contributed by atoms with Gasteiger partial charge in [0.2, 0.25) is 5.91 Å². The molecule has 28 heavy (non-hydrogen) atoms. The summed E-state index contributed by atoms with van der Waals surface area (Å²) in [6, 6.07) is 13.4. The van der Waals surface area contributed by atoms with Crippen molar-refractivity contribution in [3.05, 3.63) is 78.0 Å². The Balaban J connectivity index is 1.66. The van der Waals surface area contributed by atoms with Crippen LogP contribution in [0.4, 0.5) is 31.7 Å². The summed E-state index contributed by atoms with van der Waals surface area (Å²) in [5.74, 6) is -2.08. The predicted octanol–water partition coefficient (Wildman–Crippen LogP) is 4.31. The lowest BCUT2D eigenvalue weighted by Crippen LogP contribution is -2.14. The van der Waals surface area contributed by atoms with E-state index in [1.165, 1.54) is 25.3 Å². The van der Waals surface area contributed by atoms with E-state index in [1.807, 2.05) is 0 Å². The molecule has 0 aliphatic rings. The van der Waals surface area contributed by atoms with Crippen molar-refractivity contribution in [3.63, 3.8) is 0 Å². The lowest BCUT2D eigenvalue weighted by molar-refractivity contribution is -0.114. The lowest BCUT2D eigenvalue weighted by Gasteiger charge is -2.09. The molecule has 2 aromatic carbocycles. The Bertz CT molecular complexity index is 985. The number of rotatable bonds is 5. The van der Waals surface area contributed by atoms with Crippen molar-refractivity contribution in [2.24, 2.45) is 0 Å². The molecule has 3 N–H and O–H groups in total. The molecule has 0 aliphatic carbocycles. The number of para-hydroxylation sites is 1. The standard InChI is InChI=1S/C20H16F2N4O2/c1-12(27)24-14-6-8-15(9-7-14)25-18-10-5-13(11-23-18)20(28)26-19-16(21)3-2-4-17(19)22/h2-11H,1H3,(H,23,25)(H,24,27)(H,26,28). The van der Waals surface area contributed by atoms with Crippen molar-refractivity contribution in [3.8, 4) is 0 Å². The van der Waals surface area contributed by atoms with Crippen molar-refractivity contribution in [1.82, 2.24) is 4.98 Å². The van der Waals surface area contributed by atoms with E-state index >= 15 is 0 Å². The van der Waals surface area contributed by atoms with E-state index in [4.69, 9.17) is 0 Å². The third-order valence-electron chi connectivity index (χ3n) is 3.70. The van der Waals surface area contributed by atoms with Gasteiger partial charge in [0.15, 0.2) is 0 Å². The zero-order valence-corrected chi connectivity index (χ0v) is 14.8. The average Bonchev–Trinajstić information content (AvgIpc) is 2.66. The van der Waals surface area contributed by atoms with E-state index in [0.717, 1.165) is 17.8 Å². The van der Waals surface area contributed by atoms with Crippen LogP contribution in [0.25, 0.3) is 0 Å². The number of carbonyl (C=O) groups is 2. The van der Waals surface area contributed by atoms with Crippen molar-refractivity contribution in [1.29, 1.82) is 0 Å². The van der Waals surface area contributed by atoms with Crippen LogP contribution in [0.1, 0.15) is 17.3 Å². The van der Waals surface area contributed by atoms with Crippen molar-refractivity contribution in [2.75, 3.05) is 16.0 Å². The first-order valence-corrected chi connectivity index (χ1v) is 8.28. The smallest absolute Gasteiger partial charge is 0.257 e. The lowest BCUT2D eigenvalue weighted by atomic mass is 10.2. The Hall–Kier alpha value is -3.81. The Morgan fingerprint density at radius 3 is 2.07 bits per heavy atom. The highest BCUT2D eigenvalue weighted by atomic mass is 19.1. The second-order valence-electron chi connectivity index (χ2n) is 5.87. The summed E-state index contributed by atoms with van der Waals surface area (Å²) < 4.78 is 27.3. The first kappa shape index (κ1) is 19.0. The van der Waals surface area contributed by atoms with Gasteiger partial charge in [0.1, 0.15) is 23.1 Å². The molecule has 0 saturated heterocycles. The van der Waals surface area contributed by atoms with Crippen molar-refractivity contribution >= 4 is 34.7 Å². The summed E-state index contributed by atoms with van der Waals surface area (Å²) in [6.07, 6.45) is 1.29. The summed E-state index contributed by atoms with van der Waals surface area (Å²) in [7, 11) is 0. The van der Waals surface area contributed by atoms with Crippen LogP contribution in [0, 0.1) is 11.6 Å². The van der Waals surface area contributed by atoms with Gasteiger partial charge < -0.3 is 16.0 Å². The summed E-state index contributed by atoms with van der Waals surface area (Å²) in [5, 5.41) is 7.91. The van der Waals surface area contributed by atoms with Crippen LogP contribution in [0.5, 0.6) is 0 Å². The van der Waals surface area contributed by atoms with Gasteiger partial charge in [-0.1, -0.05) is 6.07 Å². The largest absolute Gasteiger partial charge is 0.340 e. The highest BCUT2D eigenvalue weighted by Gasteiger charge is 2.13. The van der Waals surface area contributed by atoms with Crippen LogP contribution in [0.15, 0.2) is 60.8 Å². The second kappa shape index (κ2) is 8.26. The molecule has 3 rings (SSSR count). The van der Waals surface area contributed by atoms with Crippen LogP contribution in [-0.4, -0.2) is 16.8 Å². The van der Waals surface area contributed by atoms with E-state index in [2.05, 4.69) is 20.9 Å². The number of nitrogens with zero attached hydrogens (tertiary/aromatic N) is 1. The summed E-state index contributed by atoms with van der Waals surface area (Å²) in [6.45, 7) is 1.42. The predicted molar refractivity (Wildman–Crippen MR) is 103 cm³/mol. The number of nitrogens with one attached hydrogen (secondary N) is 3. The molecule has 3 aromatic rings. The first-order chi connectivity index (χ1) is 13.4. The highest BCUT2D eigenvalue weighted by molar-refractivity contribution is 6.04. The molecule has 142 valence electrons. The number of hydrogen-bond donors (Lipinski definition) is 3. The van der Waals surface area contributed by atoms with Crippen LogP contribution in [-0.2, 0) is 4.79 Å². The third kappa shape index (κ3) is 4.67. The third-order valence-corrected chi connectivity index (χ3v) is 3.70. The zero-order valence-electron chi connectivity index (χ0n) is 14.8. The monoisotopic (exact) mass is 382 g/mol. The number of halogens is 2. The van der Waals surface area contributed by atoms with Crippen LogP contribution in [0.3, 0.4) is 0 Å². The van der Waals surface area contributed by atoms with E-state index < -0.39 is 23.2 Å². The van der Waals surface area contributed by atoms with Gasteiger partial charge in [0.25, 0.3) is 5.91 Å². The molecule has 0 unspecified atom stereocenters. The molecule has 0 atom stereocenters. The minimum absolute atomic E-state index is 0.147. The number of anilines is 4. The molecule has 0 fully saturated rings. The number of pyridine rings is 1. The van der Waals surface area contributed by atoms with Crippen LogP contribution in [0.2, 0.25) is 0 Å². The molecular weight excluding hydrogens is 366 g/mol. The van der Waals surface area contributed by atoms with Gasteiger partial charge in [0, 0.05) is 24.5 Å². The Labute approximate surface area is 159 Å². The van der Waals surface area contributed by atoms with Gasteiger partial charge in [-0.3, -0.25) is 9.59 Å². The van der Waals surface area contributed by atoms with Gasteiger partial charge in [-0.05, 0) is 48.5 Å². The number of benzene rings is 2. The van der Waals surface area contributed by atoms with Gasteiger partial charge in [-0.2, -0.15) is 0 Å². The normalized spacial score (nSPS) is 10.2. The molecule has 6 nitrogen and oxygen atoms in total. The topological polar surface area (TPSA) is 83.1 Å². The first-order valence-electron chi connectivity index (χ1n) is 8.28. The number of carbonyl (C=O) groups excluding carboxylic acids is 2. The molecule has 2 amide bonds. The Morgan fingerprint density at radius 1 is 0.857 bits per heavy atom. The van der Waals surface area contributed by atoms with Crippen molar-refractivity contribution < 1.29 is 18.4 Å². The quantitative estimate of drug-likeness (QED) is 0.614. The molecule has 8 heteroatoms. The molecule has 0 spiro atoms. The highest BCUT2D eigenvalue weighted by Crippen LogP contribution is 2.20. The fraction of sp³-hybridized carbons (Fsp3) is 0.0500. The van der Waals surface area contributed by atoms with Gasteiger partial charge in [-0.15, -0.1) is 0 Å². The minimum Gasteiger partial charge on any atom is -0.340 e. The fourth-order valence-electron chi connectivity index (χ4n) is 2.39. The van der Waals surface area contributed by atoms with Gasteiger partial charge >= 0.3 is 0 Å². The van der Waals surface area contributed by atoms with Crippen molar-refractivity contribution in [2.45, 2.75) is 6.92 Å². The maximum atomic E-state index is 13.6. The van der Waals surface area contributed by atoms with Crippen LogP contribution < -0.4 is 16.0 Å². The van der Waals surface area contributed by atoms with Gasteiger partial charge in [0.05, 0.1) is 5.56 Å². The maximum Gasteiger partial charge on any atom is 0.257 e. The number of hydrogen-bond acceptors (Lipinski definition) is 4. The summed E-state index contributed by atoms with van der Waals surface area (Å²) >= 11 is 0. The molecule has 0 saturated carbocycles. The average molecular weight is 382 g/mol. The van der Waals surface area contributed by atoms with E-state index in [-0.39, 0.29) is 11.5 Å². The minimum atomic E-state index is -0.859. The Morgan fingerprint density at radius 2 is 1.50 bits per heavy atom. The van der Waals surface area contributed by atoms with Crippen LogP contribution >= 0.6 is 0 Å². The second-order valence-corrected chi connectivity index (χ2v) is 5.87. The fourth-order valence-corrected chi connectivity index (χ4v) is 2.39. The number of aromatic nitrogens is 1. The molecule has 1 aromatic heterocycles. The van der Waals surface area contributed by atoms with E-state index in [1.54, 1.807) is 30.3 Å². The Kier molecular flexibility index (Phi) is 5.59. The molecular formula is C20H16F2N4O2. The molecule has 1 heterocycles. The van der Waals surface area contributed by atoms with E-state index in [0.29, 0.717) is 11.5 Å². The van der Waals surface area contributed by atoms with E-state index in [9.17, 15) is 18.4 Å².